The molecule has 1 saturated carbocycles. The molecule has 1 amide bonds. The predicted octanol–water partition coefficient (Wildman–Crippen LogP) is 4.73. The van der Waals surface area contributed by atoms with E-state index < -0.39 is 5.54 Å². The quantitative estimate of drug-likeness (QED) is 0.634. The van der Waals surface area contributed by atoms with Crippen molar-refractivity contribution in [2.75, 3.05) is 11.4 Å². The molecule has 0 N–H and O–H groups in total. The Labute approximate surface area is 175 Å². The van der Waals surface area contributed by atoms with Gasteiger partial charge in [-0.3, -0.25) is 4.79 Å². The summed E-state index contributed by atoms with van der Waals surface area (Å²) in [6, 6.07) is 25.5. The van der Waals surface area contributed by atoms with Crippen molar-refractivity contribution < 1.29 is 9.18 Å². The fourth-order valence-corrected chi connectivity index (χ4v) is 5.99. The zero-order valence-electron chi connectivity index (χ0n) is 16.7. The Hall–Kier alpha value is -3.14. The highest BCUT2D eigenvalue weighted by Gasteiger charge is 2.72. The lowest BCUT2D eigenvalue weighted by Gasteiger charge is -2.51. The molecule has 6 rings (SSSR count). The number of rotatable bonds is 4. The number of para-hydroxylation sites is 1. The van der Waals surface area contributed by atoms with Gasteiger partial charge in [-0.2, -0.15) is 0 Å². The Balaban J connectivity index is 1.42. The maximum Gasteiger partial charge on any atom is 0.249 e. The minimum absolute atomic E-state index is 0.0742. The van der Waals surface area contributed by atoms with Gasteiger partial charge in [0.2, 0.25) is 5.91 Å². The van der Waals surface area contributed by atoms with Crippen LogP contribution in [0.3, 0.4) is 0 Å². The first-order valence-corrected chi connectivity index (χ1v) is 10.6. The van der Waals surface area contributed by atoms with Gasteiger partial charge in [0.15, 0.2) is 0 Å². The van der Waals surface area contributed by atoms with E-state index in [9.17, 15) is 4.79 Å². The molecule has 2 heterocycles. The van der Waals surface area contributed by atoms with Gasteiger partial charge in [0, 0.05) is 31.5 Å². The summed E-state index contributed by atoms with van der Waals surface area (Å²) in [4.78, 5) is 18.0. The largest absolute Gasteiger partial charge is 0.349 e. The summed E-state index contributed by atoms with van der Waals surface area (Å²) >= 11 is 0. The Morgan fingerprint density at radius 2 is 1.53 bits per heavy atom. The minimum atomic E-state index is -0.644. The lowest BCUT2D eigenvalue weighted by molar-refractivity contribution is -0.135. The molecule has 3 atom stereocenters. The van der Waals surface area contributed by atoms with Crippen molar-refractivity contribution in [2.24, 2.45) is 5.92 Å². The summed E-state index contributed by atoms with van der Waals surface area (Å²) in [5, 5.41) is 0. The molecule has 3 nitrogen and oxygen atoms in total. The standard InChI is InChI=1S/C26H23FN2O/c27-23-13-7-12-21-22-14-20-17-28(15-18-8-3-1-4-9-18)25(30)26(20,22)29(24(21)23)16-19-10-5-2-6-11-19/h1-13,20,22H,14-17H2/t20-,22-,26-/m0/s1. The fourth-order valence-electron chi connectivity index (χ4n) is 5.99. The number of hydrogen-bond donors (Lipinski definition) is 0. The summed E-state index contributed by atoms with van der Waals surface area (Å²) in [6.45, 7) is 1.90. The fraction of sp³-hybridized carbons (Fsp3) is 0.269. The molecule has 2 fully saturated rings. The number of likely N-dealkylation sites (tertiary alicyclic amines) is 1. The molecule has 30 heavy (non-hydrogen) atoms. The van der Waals surface area contributed by atoms with Crippen LogP contribution in [0.25, 0.3) is 0 Å². The van der Waals surface area contributed by atoms with Crippen LogP contribution in [0, 0.1) is 11.7 Å². The summed E-state index contributed by atoms with van der Waals surface area (Å²) in [5.41, 5.74) is 3.22. The van der Waals surface area contributed by atoms with Gasteiger partial charge in [0.1, 0.15) is 11.4 Å². The third-order valence-electron chi connectivity index (χ3n) is 7.25. The molecular formula is C26H23FN2O. The molecule has 2 aliphatic heterocycles. The number of anilines is 1. The van der Waals surface area contributed by atoms with Gasteiger partial charge in [-0.1, -0.05) is 72.8 Å². The maximum absolute atomic E-state index is 15.1. The van der Waals surface area contributed by atoms with Crippen molar-refractivity contribution in [3.05, 3.63) is 101 Å². The molecule has 3 aromatic rings. The normalized spacial score (nSPS) is 26.2. The summed E-state index contributed by atoms with van der Waals surface area (Å²) in [5.74, 6) is 0.235. The van der Waals surface area contributed by atoms with Crippen LogP contribution in [-0.4, -0.2) is 22.9 Å². The number of hydrogen-bond acceptors (Lipinski definition) is 2. The van der Waals surface area contributed by atoms with Crippen LogP contribution >= 0.6 is 0 Å². The van der Waals surface area contributed by atoms with E-state index in [1.54, 1.807) is 6.07 Å². The number of carbonyl (C=O) groups excluding carboxylic acids is 1. The highest BCUT2D eigenvalue weighted by Crippen LogP contribution is 2.66. The van der Waals surface area contributed by atoms with Gasteiger partial charge < -0.3 is 9.80 Å². The van der Waals surface area contributed by atoms with Crippen LogP contribution in [-0.2, 0) is 17.9 Å². The third-order valence-corrected chi connectivity index (χ3v) is 7.25. The second-order valence-electron chi connectivity index (χ2n) is 8.73. The van der Waals surface area contributed by atoms with Gasteiger partial charge >= 0.3 is 0 Å². The van der Waals surface area contributed by atoms with E-state index in [0.717, 1.165) is 29.7 Å². The van der Waals surface area contributed by atoms with Crippen LogP contribution in [0.15, 0.2) is 78.9 Å². The Bertz CT molecular complexity index is 1120. The molecule has 3 aliphatic rings. The number of amides is 1. The number of halogens is 1. The SMILES string of the molecule is O=C1N(Cc2ccccc2)C[C@@H]2C[C@H]3c4cccc(F)c4N(Cc4ccccc4)[C@@]123. The topological polar surface area (TPSA) is 23.6 Å². The molecule has 1 saturated heterocycles. The predicted molar refractivity (Wildman–Crippen MR) is 114 cm³/mol. The maximum atomic E-state index is 15.1. The van der Waals surface area contributed by atoms with Crippen molar-refractivity contribution in [3.8, 4) is 0 Å². The highest BCUT2D eigenvalue weighted by atomic mass is 19.1. The van der Waals surface area contributed by atoms with E-state index in [0.29, 0.717) is 18.8 Å². The monoisotopic (exact) mass is 398 g/mol. The Kier molecular flexibility index (Phi) is 3.79. The van der Waals surface area contributed by atoms with E-state index in [1.165, 1.54) is 6.07 Å². The molecule has 0 bridgehead atoms. The average Bonchev–Trinajstić information content (AvgIpc) is 3.09. The average molecular weight is 398 g/mol. The molecule has 0 aromatic heterocycles. The van der Waals surface area contributed by atoms with Crippen LogP contribution in [0.2, 0.25) is 0 Å². The highest BCUT2D eigenvalue weighted by molar-refractivity contribution is 5.99. The van der Waals surface area contributed by atoms with Crippen molar-refractivity contribution >= 4 is 11.6 Å². The van der Waals surface area contributed by atoms with Crippen LogP contribution in [0.4, 0.5) is 10.1 Å². The van der Waals surface area contributed by atoms with Crippen molar-refractivity contribution in [3.63, 3.8) is 0 Å². The molecular weight excluding hydrogens is 375 g/mol. The first-order chi connectivity index (χ1) is 14.7. The van der Waals surface area contributed by atoms with Crippen molar-refractivity contribution in [1.82, 2.24) is 4.90 Å². The van der Waals surface area contributed by atoms with Gasteiger partial charge in [-0.05, 0) is 29.2 Å². The smallest absolute Gasteiger partial charge is 0.249 e. The molecule has 3 aromatic carbocycles. The van der Waals surface area contributed by atoms with E-state index in [2.05, 4.69) is 29.2 Å². The summed E-state index contributed by atoms with van der Waals surface area (Å²) in [7, 11) is 0. The Morgan fingerprint density at radius 1 is 0.867 bits per heavy atom. The number of fused-ring (bicyclic) bond motifs is 2. The second-order valence-corrected chi connectivity index (χ2v) is 8.73. The molecule has 0 radical (unpaired) electrons. The van der Waals surface area contributed by atoms with Gasteiger partial charge in [-0.25, -0.2) is 4.39 Å². The Morgan fingerprint density at radius 3 is 2.23 bits per heavy atom. The van der Waals surface area contributed by atoms with Crippen LogP contribution in [0.5, 0.6) is 0 Å². The minimum Gasteiger partial charge on any atom is -0.349 e. The van der Waals surface area contributed by atoms with Gasteiger partial charge in [0.25, 0.3) is 0 Å². The van der Waals surface area contributed by atoms with E-state index in [-0.39, 0.29) is 23.6 Å². The molecule has 1 aliphatic carbocycles. The van der Waals surface area contributed by atoms with E-state index in [4.69, 9.17) is 0 Å². The number of nitrogens with zero attached hydrogens (tertiary/aromatic N) is 2. The number of carbonyl (C=O) groups is 1. The van der Waals surface area contributed by atoms with Crippen molar-refractivity contribution in [1.29, 1.82) is 0 Å². The number of benzene rings is 3. The van der Waals surface area contributed by atoms with Crippen LogP contribution < -0.4 is 4.90 Å². The van der Waals surface area contributed by atoms with E-state index in [1.807, 2.05) is 47.4 Å². The molecule has 4 heteroatoms. The third kappa shape index (κ3) is 2.28. The second kappa shape index (κ2) is 6.43. The zero-order valence-corrected chi connectivity index (χ0v) is 16.7. The molecule has 150 valence electrons. The summed E-state index contributed by atoms with van der Waals surface area (Å²) in [6.07, 6.45) is 0.943. The van der Waals surface area contributed by atoms with Crippen LogP contribution in [0.1, 0.15) is 29.0 Å². The lowest BCUT2D eigenvalue weighted by Crippen LogP contribution is -2.64. The first-order valence-electron chi connectivity index (χ1n) is 10.6. The van der Waals surface area contributed by atoms with Gasteiger partial charge in [-0.15, -0.1) is 0 Å². The molecule has 0 unspecified atom stereocenters. The summed E-state index contributed by atoms with van der Waals surface area (Å²) < 4.78 is 15.1. The first kappa shape index (κ1) is 17.7. The van der Waals surface area contributed by atoms with Crippen molar-refractivity contribution in [2.45, 2.75) is 31.0 Å². The van der Waals surface area contributed by atoms with E-state index >= 15 is 4.39 Å². The molecule has 1 spiro atoms. The zero-order chi connectivity index (χ0) is 20.3. The lowest BCUT2D eigenvalue weighted by atomic mass is 9.59. The van der Waals surface area contributed by atoms with Gasteiger partial charge in [0.05, 0.1) is 5.69 Å².